The zero-order valence-corrected chi connectivity index (χ0v) is 15.7. The number of aromatic nitrogens is 1. The lowest BCUT2D eigenvalue weighted by Crippen LogP contribution is -2.25. The van der Waals surface area contributed by atoms with Gasteiger partial charge in [0.25, 0.3) is 5.91 Å². The van der Waals surface area contributed by atoms with E-state index in [4.69, 9.17) is 16.3 Å². The zero-order valence-electron chi connectivity index (χ0n) is 14.9. The summed E-state index contributed by atoms with van der Waals surface area (Å²) >= 11 is 6.15. The van der Waals surface area contributed by atoms with E-state index in [2.05, 4.69) is 15.6 Å². The number of carbonyl (C=O) groups excluding carboxylic acids is 1. The van der Waals surface area contributed by atoms with E-state index in [1.165, 1.54) is 0 Å². The summed E-state index contributed by atoms with van der Waals surface area (Å²) in [6.07, 6.45) is 3.93. The molecule has 0 spiro atoms. The van der Waals surface area contributed by atoms with Crippen LogP contribution in [-0.2, 0) is 6.42 Å². The number of benzene rings is 2. The van der Waals surface area contributed by atoms with Gasteiger partial charge in [0, 0.05) is 12.7 Å². The molecule has 3 aromatic rings. The molecule has 0 aliphatic heterocycles. The van der Waals surface area contributed by atoms with Crippen LogP contribution in [0.25, 0.3) is 0 Å². The molecule has 1 aromatic heterocycles. The summed E-state index contributed by atoms with van der Waals surface area (Å²) in [5, 5.41) is 6.69. The Morgan fingerprint density at radius 2 is 1.89 bits per heavy atom. The molecular formula is C21H20ClN3O2. The number of amides is 1. The van der Waals surface area contributed by atoms with E-state index >= 15 is 0 Å². The predicted molar refractivity (Wildman–Crippen MR) is 108 cm³/mol. The summed E-state index contributed by atoms with van der Waals surface area (Å²) in [5.41, 5.74) is 3.08. The smallest absolute Gasteiger partial charge is 0.252 e. The molecule has 0 aliphatic rings. The third kappa shape index (κ3) is 5.21. The van der Waals surface area contributed by atoms with Gasteiger partial charge < -0.3 is 15.4 Å². The second kappa shape index (κ2) is 9.05. The number of halogens is 1. The molecule has 0 atom stereocenters. The van der Waals surface area contributed by atoms with Crippen molar-refractivity contribution in [1.82, 2.24) is 10.3 Å². The normalized spacial score (nSPS) is 10.3. The Labute approximate surface area is 163 Å². The molecular weight excluding hydrogens is 362 g/mol. The second-order valence-electron chi connectivity index (χ2n) is 5.92. The van der Waals surface area contributed by atoms with Gasteiger partial charge in [-0.05, 0) is 42.3 Å². The van der Waals surface area contributed by atoms with Gasteiger partial charge in [0.2, 0.25) is 0 Å². The number of methoxy groups -OCH3 is 1. The van der Waals surface area contributed by atoms with Gasteiger partial charge in [0.15, 0.2) is 0 Å². The number of nitrogens with one attached hydrogen (secondary N) is 2. The quantitative estimate of drug-likeness (QED) is 0.634. The Balaban J connectivity index is 1.57. The first kappa shape index (κ1) is 18.7. The number of anilines is 2. The Hall–Kier alpha value is -3.05. The molecule has 0 saturated carbocycles. The summed E-state index contributed by atoms with van der Waals surface area (Å²) in [6.45, 7) is 0.535. The van der Waals surface area contributed by atoms with E-state index in [0.29, 0.717) is 22.8 Å². The van der Waals surface area contributed by atoms with Crippen LogP contribution in [0.3, 0.4) is 0 Å². The van der Waals surface area contributed by atoms with Crippen molar-refractivity contribution in [3.05, 3.63) is 83.1 Å². The lowest BCUT2D eigenvalue weighted by atomic mass is 10.1. The van der Waals surface area contributed by atoms with E-state index in [1.54, 1.807) is 31.6 Å². The molecule has 6 heteroatoms. The molecule has 27 heavy (non-hydrogen) atoms. The highest BCUT2D eigenvalue weighted by Crippen LogP contribution is 2.24. The number of rotatable bonds is 7. The number of pyridine rings is 1. The molecule has 2 N–H and O–H groups in total. The second-order valence-corrected chi connectivity index (χ2v) is 6.33. The third-order valence-corrected chi connectivity index (χ3v) is 4.34. The van der Waals surface area contributed by atoms with Crippen LogP contribution in [0.4, 0.5) is 11.4 Å². The lowest BCUT2D eigenvalue weighted by Gasteiger charge is -2.10. The Morgan fingerprint density at radius 3 is 2.63 bits per heavy atom. The summed E-state index contributed by atoms with van der Waals surface area (Å²) in [6, 6.07) is 16.9. The highest BCUT2D eigenvalue weighted by molar-refractivity contribution is 6.33. The van der Waals surface area contributed by atoms with E-state index < -0.39 is 0 Å². The van der Waals surface area contributed by atoms with Crippen molar-refractivity contribution in [2.75, 3.05) is 19.0 Å². The topological polar surface area (TPSA) is 63.2 Å². The van der Waals surface area contributed by atoms with Gasteiger partial charge in [-0.15, -0.1) is 0 Å². The Morgan fingerprint density at radius 1 is 1.11 bits per heavy atom. The Bertz CT molecular complexity index is 913. The van der Waals surface area contributed by atoms with Gasteiger partial charge >= 0.3 is 0 Å². The molecule has 1 amide bonds. The monoisotopic (exact) mass is 381 g/mol. The molecule has 3 rings (SSSR count). The first-order chi connectivity index (χ1) is 13.2. The van der Waals surface area contributed by atoms with Crippen molar-refractivity contribution in [2.24, 2.45) is 0 Å². The fourth-order valence-corrected chi connectivity index (χ4v) is 2.75. The van der Waals surface area contributed by atoms with Crippen LogP contribution in [0.15, 0.2) is 67.0 Å². The number of para-hydroxylation sites is 1. The van der Waals surface area contributed by atoms with Gasteiger partial charge in [-0.25, -0.2) is 0 Å². The molecule has 5 nitrogen and oxygen atoms in total. The van der Waals surface area contributed by atoms with E-state index in [-0.39, 0.29) is 5.91 Å². The van der Waals surface area contributed by atoms with E-state index in [1.807, 2.05) is 42.5 Å². The molecule has 0 aliphatic carbocycles. The van der Waals surface area contributed by atoms with Gasteiger partial charge in [-0.2, -0.15) is 0 Å². The van der Waals surface area contributed by atoms with Crippen molar-refractivity contribution in [3.8, 4) is 5.75 Å². The molecule has 0 fully saturated rings. The van der Waals surface area contributed by atoms with Crippen LogP contribution < -0.4 is 15.4 Å². The highest BCUT2D eigenvalue weighted by Gasteiger charge is 2.08. The fraction of sp³-hybridized carbons (Fsp3) is 0.143. The average Bonchev–Trinajstić information content (AvgIpc) is 2.70. The van der Waals surface area contributed by atoms with Crippen LogP contribution >= 0.6 is 11.6 Å². The number of ether oxygens (including phenoxy) is 1. The number of carbonyl (C=O) groups is 1. The summed E-state index contributed by atoms with van der Waals surface area (Å²) in [5.74, 6) is 0.649. The van der Waals surface area contributed by atoms with Crippen molar-refractivity contribution in [1.29, 1.82) is 0 Å². The van der Waals surface area contributed by atoms with Crippen LogP contribution in [0, 0.1) is 0 Å². The summed E-state index contributed by atoms with van der Waals surface area (Å²) < 4.78 is 5.14. The van der Waals surface area contributed by atoms with Gasteiger partial charge in [0.05, 0.1) is 35.3 Å². The SMILES string of the molecule is COc1ccc(CCNC(=O)c2cncc(Nc3ccccc3Cl)c2)cc1. The van der Waals surface area contributed by atoms with Crippen LogP contribution in [0.1, 0.15) is 15.9 Å². The zero-order chi connectivity index (χ0) is 19.1. The highest BCUT2D eigenvalue weighted by atomic mass is 35.5. The molecule has 0 saturated heterocycles. The average molecular weight is 382 g/mol. The predicted octanol–water partition coefficient (Wildman–Crippen LogP) is 4.46. The maximum Gasteiger partial charge on any atom is 0.252 e. The minimum absolute atomic E-state index is 0.168. The van der Waals surface area contributed by atoms with Crippen molar-refractivity contribution >= 4 is 28.9 Å². The molecule has 0 unspecified atom stereocenters. The summed E-state index contributed by atoms with van der Waals surface area (Å²) in [7, 11) is 1.64. The van der Waals surface area contributed by atoms with E-state index in [0.717, 1.165) is 23.4 Å². The summed E-state index contributed by atoms with van der Waals surface area (Å²) in [4.78, 5) is 16.5. The third-order valence-electron chi connectivity index (χ3n) is 4.01. The van der Waals surface area contributed by atoms with E-state index in [9.17, 15) is 4.79 Å². The van der Waals surface area contributed by atoms with Crippen molar-refractivity contribution < 1.29 is 9.53 Å². The molecule has 0 bridgehead atoms. The fourth-order valence-electron chi connectivity index (χ4n) is 2.57. The number of nitrogens with zero attached hydrogens (tertiary/aromatic N) is 1. The van der Waals surface area contributed by atoms with Crippen LogP contribution in [0.2, 0.25) is 5.02 Å². The standard InChI is InChI=1S/C21H20ClN3O2/c1-27-18-8-6-15(7-9-18)10-11-24-21(26)16-12-17(14-23-13-16)25-20-5-3-2-4-19(20)22/h2-9,12-14,25H,10-11H2,1H3,(H,24,26). The molecule has 0 radical (unpaired) electrons. The van der Waals surface area contributed by atoms with Gasteiger partial charge in [-0.3, -0.25) is 9.78 Å². The molecule has 1 heterocycles. The molecule has 2 aromatic carbocycles. The van der Waals surface area contributed by atoms with Crippen LogP contribution in [-0.4, -0.2) is 24.5 Å². The number of hydrogen-bond donors (Lipinski definition) is 2. The lowest BCUT2D eigenvalue weighted by molar-refractivity contribution is 0.0954. The minimum atomic E-state index is -0.168. The largest absolute Gasteiger partial charge is 0.497 e. The maximum atomic E-state index is 12.4. The van der Waals surface area contributed by atoms with Crippen molar-refractivity contribution in [3.63, 3.8) is 0 Å². The maximum absolute atomic E-state index is 12.4. The van der Waals surface area contributed by atoms with Crippen LogP contribution in [0.5, 0.6) is 5.75 Å². The Kier molecular flexibility index (Phi) is 6.28. The molecule has 138 valence electrons. The minimum Gasteiger partial charge on any atom is -0.497 e. The first-order valence-corrected chi connectivity index (χ1v) is 8.91. The van der Waals surface area contributed by atoms with Gasteiger partial charge in [-0.1, -0.05) is 35.9 Å². The van der Waals surface area contributed by atoms with Gasteiger partial charge in [0.1, 0.15) is 5.75 Å². The number of hydrogen-bond acceptors (Lipinski definition) is 4. The first-order valence-electron chi connectivity index (χ1n) is 8.53. The van der Waals surface area contributed by atoms with Crippen molar-refractivity contribution in [2.45, 2.75) is 6.42 Å².